The van der Waals surface area contributed by atoms with Crippen LogP contribution < -0.4 is 10.1 Å². The predicted molar refractivity (Wildman–Crippen MR) is 84.7 cm³/mol. The first-order valence-corrected chi connectivity index (χ1v) is 7.81. The summed E-state index contributed by atoms with van der Waals surface area (Å²) >= 11 is 12.7. The fourth-order valence-corrected chi connectivity index (χ4v) is 3.40. The Kier molecular flexibility index (Phi) is 4.99. The van der Waals surface area contributed by atoms with Gasteiger partial charge in [-0.3, -0.25) is 4.79 Å². The summed E-state index contributed by atoms with van der Waals surface area (Å²) in [7, 11) is 1.59. The molecule has 2 atom stereocenters. The highest BCUT2D eigenvalue weighted by atomic mass is 79.9. The van der Waals surface area contributed by atoms with Crippen molar-refractivity contribution in [3.63, 3.8) is 0 Å². The highest BCUT2D eigenvalue weighted by Crippen LogP contribution is 2.35. The molecule has 2 unspecified atom stereocenters. The molecular formula is C13H12Br2ClNO3. The average molecular weight is 426 g/mol. The fraction of sp³-hybridized carbons (Fsp3) is 0.308. The molecule has 1 amide bonds. The minimum absolute atomic E-state index is 0.242. The lowest BCUT2D eigenvalue weighted by atomic mass is 10.2. The van der Waals surface area contributed by atoms with E-state index in [0.717, 1.165) is 14.5 Å². The normalized spacial score (nSPS) is 21.6. The van der Waals surface area contributed by atoms with Crippen LogP contribution in [0.3, 0.4) is 0 Å². The zero-order valence-electron chi connectivity index (χ0n) is 10.7. The Morgan fingerprint density at radius 1 is 1.45 bits per heavy atom. The quantitative estimate of drug-likeness (QED) is 0.594. The molecule has 0 aromatic heterocycles. The third kappa shape index (κ3) is 3.30. The molecule has 1 heterocycles. The van der Waals surface area contributed by atoms with Crippen LogP contribution in [0, 0.1) is 0 Å². The molecule has 1 N–H and O–H groups in total. The maximum Gasteiger partial charge on any atom is 0.289 e. The van der Waals surface area contributed by atoms with Crippen molar-refractivity contribution in [1.82, 2.24) is 5.32 Å². The lowest BCUT2D eigenvalue weighted by molar-refractivity contribution is -0.116. The molecule has 4 nitrogen and oxygen atoms in total. The molecule has 0 aliphatic carbocycles. The van der Waals surface area contributed by atoms with E-state index in [9.17, 15) is 4.79 Å². The predicted octanol–water partition coefficient (Wildman–Crippen LogP) is 3.66. The lowest BCUT2D eigenvalue weighted by Crippen LogP contribution is -2.32. The van der Waals surface area contributed by atoms with Crippen molar-refractivity contribution in [1.29, 1.82) is 0 Å². The summed E-state index contributed by atoms with van der Waals surface area (Å²) in [6, 6.07) is 3.68. The van der Waals surface area contributed by atoms with Gasteiger partial charge in [-0.05, 0) is 62.6 Å². The van der Waals surface area contributed by atoms with E-state index in [1.165, 1.54) is 0 Å². The molecule has 0 radical (unpaired) electrons. The van der Waals surface area contributed by atoms with E-state index in [1.807, 2.05) is 12.1 Å². The van der Waals surface area contributed by atoms with Crippen LogP contribution in [0.15, 0.2) is 26.8 Å². The number of benzene rings is 1. The summed E-state index contributed by atoms with van der Waals surface area (Å²) < 4.78 is 12.3. The first-order chi connectivity index (χ1) is 9.42. The standard InChI is InChI=1S/C13H12Br2ClNO3/c1-6(16)13-17-12(18)10(20-13)5-7-3-8(14)11(19-2)9(15)4-7/h3-6,13H,1-2H3,(H,17,18)/b10-5-. The third-order valence-electron chi connectivity index (χ3n) is 2.69. The molecule has 1 aliphatic rings. The van der Waals surface area contributed by atoms with Crippen molar-refractivity contribution in [2.75, 3.05) is 7.11 Å². The molecule has 1 aromatic rings. The van der Waals surface area contributed by atoms with Gasteiger partial charge < -0.3 is 14.8 Å². The van der Waals surface area contributed by atoms with Crippen LogP contribution in [-0.2, 0) is 9.53 Å². The molecule has 0 bridgehead atoms. The monoisotopic (exact) mass is 423 g/mol. The van der Waals surface area contributed by atoms with Gasteiger partial charge in [0.2, 0.25) is 0 Å². The smallest absolute Gasteiger partial charge is 0.289 e. The van der Waals surface area contributed by atoms with Gasteiger partial charge in [0.25, 0.3) is 5.91 Å². The van der Waals surface area contributed by atoms with Crippen LogP contribution in [-0.4, -0.2) is 24.6 Å². The van der Waals surface area contributed by atoms with Gasteiger partial charge in [0.15, 0.2) is 12.0 Å². The van der Waals surface area contributed by atoms with Crippen molar-refractivity contribution in [3.8, 4) is 5.75 Å². The molecule has 1 fully saturated rings. The van der Waals surface area contributed by atoms with Crippen LogP contribution in [0.25, 0.3) is 6.08 Å². The molecular weight excluding hydrogens is 413 g/mol. The number of carbonyl (C=O) groups excluding carboxylic acids is 1. The maximum absolute atomic E-state index is 11.8. The maximum atomic E-state index is 11.8. The second kappa shape index (κ2) is 6.37. The average Bonchev–Trinajstić information content (AvgIpc) is 2.71. The number of ether oxygens (including phenoxy) is 2. The van der Waals surface area contributed by atoms with E-state index in [4.69, 9.17) is 21.1 Å². The van der Waals surface area contributed by atoms with E-state index in [2.05, 4.69) is 37.2 Å². The first-order valence-electron chi connectivity index (χ1n) is 5.78. The summed E-state index contributed by atoms with van der Waals surface area (Å²) in [6.07, 6.45) is 1.16. The summed E-state index contributed by atoms with van der Waals surface area (Å²) in [4.78, 5) is 11.8. The number of hydrogen-bond acceptors (Lipinski definition) is 3. The van der Waals surface area contributed by atoms with Crippen LogP contribution >= 0.6 is 43.5 Å². The topological polar surface area (TPSA) is 47.6 Å². The Morgan fingerprint density at radius 2 is 2.05 bits per heavy atom. The SMILES string of the molecule is COc1c(Br)cc(/C=C2\OC(C(C)Cl)NC2=O)cc1Br. The Bertz CT molecular complexity index is 552. The van der Waals surface area contributed by atoms with Crippen LogP contribution in [0.2, 0.25) is 0 Å². The number of amides is 1. The summed E-state index contributed by atoms with van der Waals surface area (Å²) in [6.45, 7) is 1.76. The highest BCUT2D eigenvalue weighted by Gasteiger charge is 2.31. The van der Waals surface area contributed by atoms with Gasteiger partial charge in [-0.25, -0.2) is 0 Å². The van der Waals surface area contributed by atoms with Crippen LogP contribution in [0.4, 0.5) is 0 Å². The van der Waals surface area contributed by atoms with Gasteiger partial charge in [-0.1, -0.05) is 0 Å². The zero-order valence-corrected chi connectivity index (χ0v) is 14.7. The minimum Gasteiger partial charge on any atom is -0.494 e. The van der Waals surface area contributed by atoms with Crippen molar-refractivity contribution in [2.45, 2.75) is 18.5 Å². The van der Waals surface area contributed by atoms with Crippen molar-refractivity contribution >= 4 is 55.4 Å². The zero-order chi connectivity index (χ0) is 14.9. The molecule has 0 saturated carbocycles. The largest absolute Gasteiger partial charge is 0.494 e. The Labute approximate surface area is 138 Å². The molecule has 1 aromatic carbocycles. The molecule has 20 heavy (non-hydrogen) atoms. The van der Waals surface area contributed by atoms with E-state index < -0.39 is 6.23 Å². The Balaban J connectivity index is 2.30. The molecule has 1 saturated heterocycles. The summed E-state index contributed by atoms with van der Waals surface area (Å²) in [5, 5.41) is 2.36. The molecule has 1 aliphatic heterocycles. The van der Waals surface area contributed by atoms with E-state index in [1.54, 1.807) is 20.1 Å². The van der Waals surface area contributed by atoms with Gasteiger partial charge >= 0.3 is 0 Å². The minimum atomic E-state index is -0.499. The van der Waals surface area contributed by atoms with Gasteiger partial charge in [0.05, 0.1) is 21.4 Å². The van der Waals surface area contributed by atoms with E-state index >= 15 is 0 Å². The van der Waals surface area contributed by atoms with E-state index in [-0.39, 0.29) is 17.0 Å². The summed E-state index contributed by atoms with van der Waals surface area (Å²) in [5.74, 6) is 0.660. The van der Waals surface area contributed by atoms with Gasteiger partial charge in [0, 0.05) is 0 Å². The number of methoxy groups -OCH3 is 1. The third-order valence-corrected chi connectivity index (χ3v) is 4.10. The van der Waals surface area contributed by atoms with Gasteiger partial charge in [-0.15, -0.1) is 11.6 Å². The number of alkyl halides is 1. The van der Waals surface area contributed by atoms with Crippen molar-refractivity contribution < 1.29 is 14.3 Å². The molecule has 108 valence electrons. The van der Waals surface area contributed by atoms with Crippen LogP contribution in [0.1, 0.15) is 12.5 Å². The Morgan fingerprint density at radius 3 is 2.50 bits per heavy atom. The number of hydrogen-bond donors (Lipinski definition) is 1. The summed E-state index contributed by atoms with van der Waals surface area (Å²) in [5.41, 5.74) is 0.803. The van der Waals surface area contributed by atoms with Gasteiger partial charge in [-0.2, -0.15) is 0 Å². The fourth-order valence-electron chi connectivity index (χ4n) is 1.74. The number of carbonyl (C=O) groups is 1. The number of rotatable bonds is 3. The number of halogens is 3. The molecule has 7 heteroatoms. The van der Waals surface area contributed by atoms with Crippen molar-refractivity contribution in [2.24, 2.45) is 0 Å². The molecule has 2 rings (SSSR count). The van der Waals surface area contributed by atoms with Crippen LogP contribution in [0.5, 0.6) is 5.75 Å². The van der Waals surface area contributed by atoms with Crippen molar-refractivity contribution in [3.05, 3.63) is 32.4 Å². The lowest BCUT2D eigenvalue weighted by Gasteiger charge is -2.11. The second-order valence-corrected chi connectivity index (χ2v) is 6.61. The Hall–Kier alpha value is -0.720. The molecule has 0 spiro atoms. The first kappa shape index (κ1) is 15.7. The van der Waals surface area contributed by atoms with Gasteiger partial charge in [0.1, 0.15) is 5.75 Å². The second-order valence-electron chi connectivity index (χ2n) is 4.22. The number of nitrogens with one attached hydrogen (secondary N) is 1. The van der Waals surface area contributed by atoms with E-state index in [0.29, 0.717) is 5.75 Å². The highest BCUT2D eigenvalue weighted by molar-refractivity contribution is 9.11.